The van der Waals surface area contributed by atoms with Crippen LogP contribution in [0.15, 0.2) is 54.6 Å². The Balaban J connectivity index is 1.57. The Morgan fingerprint density at radius 3 is 2.33 bits per heavy atom. The molecule has 0 radical (unpaired) electrons. The van der Waals surface area contributed by atoms with Gasteiger partial charge in [0.05, 0.1) is 6.61 Å². The molecule has 2 aliphatic heterocycles. The summed E-state index contributed by atoms with van der Waals surface area (Å²) in [5.74, 6) is -0.359. The molecule has 0 aliphatic carbocycles. The van der Waals surface area contributed by atoms with E-state index in [-0.39, 0.29) is 24.3 Å². The molecule has 2 fully saturated rings. The molecule has 1 atom stereocenters. The summed E-state index contributed by atoms with van der Waals surface area (Å²) in [7, 11) is 0. The van der Waals surface area contributed by atoms with Crippen LogP contribution in [-0.2, 0) is 20.9 Å². The second kappa shape index (κ2) is 9.75. The lowest BCUT2D eigenvalue weighted by molar-refractivity contribution is -0.143. The summed E-state index contributed by atoms with van der Waals surface area (Å²) in [5, 5.41) is 2.97. The van der Waals surface area contributed by atoms with Gasteiger partial charge in [-0.25, -0.2) is 0 Å². The van der Waals surface area contributed by atoms with Crippen molar-refractivity contribution in [2.24, 2.45) is 0 Å². The molecule has 2 heterocycles. The zero-order valence-corrected chi connectivity index (χ0v) is 19.3. The minimum absolute atomic E-state index is 0.0939. The van der Waals surface area contributed by atoms with Crippen molar-refractivity contribution < 1.29 is 19.1 Å². The van der Waals surface area contributed by atoms with Crippen LogP contribution in [0.4, 0.5) is 0 Å². The standard InChI is InChI=1S/C26H31N3O4/c1-3-23(30)28-15-13-26(14-16-28)29(25(32)21-11-9-19(2)10-12-21)22(18-33-26)24(31)27-17-20-7-5-4-6-8-20/h4-12,22H,3,13-18H2,1-2H3,(H,27,31)/t22-/m1/s1. The number of benzene rings is 2. The maximum atomic E-state index is 13.7. The van der Waals surface area contributed by atoms with E-state index in [1.54, 1.807) is 17.0 Å². The number of nitrogens with zero attached hydrogens (tertiary/aromatic N) is 2. The average Bonchev–Trinajstić information content (AvgIpc) is 3.21. The van der Waals surface area contributed by atoms with E-state index in [9.17, 15) is 14.4 Å². The van der Waals surface area contributed by atoms with Gasteiger partial charge in [0, 0.05) is 44.5 Å². The number of amides is 3. The van der Waals surface area contributed by atoms with E-state index in [1.807, 2.05) is 61.2 Å². The number of hydrogen-bond acceptors (Lipinski definition) is 4. The molecule has 4 rings (SSSR count). The molecule has 0 saturated carbocycles. The van der Waals surface area contributed by atoms with Gasteiger partial charge in [0.25, 0.3) is 5.91 Å². The topological polar surface area (TPSA) is 79.0 Å². The van der Waals surface area contributed by atoms with E-state index in [1.165, 1.54) is 0 Å². The van der Waals surface area contributed by atoms with Gasteiger partial charge in [0.1, 0.15) is 11.8 Å². The Labute approximate surface area is 194 Å². The quantitative estimate of drug-likeness (QED) is 0.761. The summed E-state index contributed by atoms with van der Waals surface area (Å²) in [6, 6.07) is 16.3. The van der Waals surface area contributed by atoms with Gasteiger partial charge in [-0.15, -0.1) is 0 Å². The summed E-state index contributed by atoms with van der Waals surface area (Å²) in [4.78, 5) is 42.5. The first-order valence-electron chi connectivity index (χ1n) is 11.6. The molecule has 0 bridgehead atoms. The number of ether oxygens (including phenoxy) is 1. The second-order valence-electron chi connectivity index (χ2n) is 8.75. The van der Waals surface area contributed by atoms with Crippen molar-refractivity contribution in [2.75, 3.05) is 19.7 Å². The third kappa shape index (κ3) is 4.78. The zero-order chi connectivity index (χ0) is 23.4. The first-order valence-corrected chi connectivity index (χ1v) is 11.6. The number of carbonyl (C=O) groups excluding carboxylic acids is 3. The van der Waals surface area contributed by atoms with Crippen molar-refractivity contribution in [3.05, 3.63) is 71.3 Å². The van der Waals surface area contributed by atoms with Crippen LogP contribution in [0.25, 0.3) is 0 Å². The molecule has 2 aromatic carbocycles. The molecule has 2 saturated heterocycles. The summed E-state index contributed by atoms with van der Waals surface area (Å²) in [6.45, 7) is 5.34. The lowest BCUT2D eigenvalue weighted by atomic mass is 9.96. The fourth-order valence-corrected chi connectivity index (χ4v) is 4.63. The fraction of sp³-hybridized carbons (Fsp3) is 0.423. The minimum Gasteiger partial charge on any atom is -0.353 e. The zero-order valence-electron chi connectivity index (χ0n) is 19.3. The number of hydrogen-bond donors (Lipinski definition) is 1. The lowest BCUT2D eigenvalue weighted by Gasteiger charge is -2.44. The summed E-state index contributed by atoms with van der Waals surface area (Å²) < 4.78 is 6.21. The smallest absolute Gasteiger partial charge is 0.256 e. The van der Waals surface area contributed by atoms with Gasteiger partial charge in [-0.3, -0.25) is 19.3 Å². The highest BCUT2D eigenvalue weighted by molar-refractivity contribution is 5.98. The fourth-order valence-electron chi connectivity index (χ4n) is 4.63. The maximum absolute atomic E-state index is 13.7. The molecular formula is C26H31N3O4. The highest BCUT2D eigenvalue weighted by atomic mass is 16.5. The molecule has 1 spiro atoms. The van der Waals surface area contributed by atoms with Gasteiger partial charge in [0.2, 0.25) is 11.8 Å². The normalized spacial score (nSPS) is 19.5. The van der Waals surface area contributed by atoms with Gasteiger partial charge in [0.15, 0.2) is 0 Å². The van der Waals surface area contributed by atoms with Crippen LogP contribution in [0.1, 0.15) is 47.7 Å². The van der Waals surface area contributed by atoms with E-state index in [0.29, 0.717) is 44.5 Å². The van der Waals surface area contributed by atoms with E-state index < -0.39 is 11.8 Å². The summed E-state index contributed by atoms with van der Waals surface area (Å²) >= 11 is 0. The van der Waals surface area contributed by atoms with Crippen molar-refractivity contribution in [2.45, 2.75) is 51.4 Å². The van der Waals surface area contributed by atoms with E-state index in [4.69, 9.17) is 4.74 Å². The maximum Gasteiger partial charge on any atom is 0.256 e. The Kier molecular flexibility index (Phi) is 6.79. The Bertz CT molecular complexity index is 998. The predicted molar refractivity (Wildman–Crippen MR) is 124 cm³/mol. The van der Waals surface area contributed by atoms with Gasteiger partial charge < -0.3 is 15.0 Å². The van der Waals surface area contributed by atoms with E-state index in [0.717, 1.165) is 11.1 Å². The number of carbonyl (C=O) groups is 3. The Hall–Kier alpha value is -3.19. The molecule has 33 heavy (non-hydrogen) atoms. The van der Waals surface area contributed by atoms with Gasteiger partial charge in [-0.05, 0) is 24.6 Å². The van der Waals surface area contributed by atoms with Crippen LogP contribution in [0, 0.1) is 6.92 Å². The van der Waals surface area contributed by atoms with Crippen LogP contribution in [0.5, 0.6) is 0 Å². The average molecular weight is 450 g/mol. The Morgan fingerprint density at radius 1 is 1.03 bits per heavy atom. The minimum atomic E-state index is -0.888. The number of rotatable bonds is 5. The van der Waals surface area contributed by atoms with Crippen LogP contribution in [0.3, 0.4) is 0 Å². The van der Waals surface area contributed by atoms with Crippen molar-refractivity contribution in [1.29, 1.82) is 0 Å². The Morgan fingerprint density at radius 2 is 1.70 bits per heavy atom. The summed E-state index contributed by atoms with van der Waals surface area (Å²) in [5.41, 5.74) is 1.68. The molecule has 7 nitrogen and oxygen atoms in total. The number of aryl methyl sites for hydroxylation is 1. The second-order valence-corrected chi connectivity index (χ2v) is 8.75. The van der Waals surface area contributed by atoms with Crippen molar-refractivity contribution in [3.63, 3.8) is 0 Å². The first-order chi connectivity index (χ1) is 15.9. The molecule has 7 heteroatoms. The molecule has 2 aliphatic rings. The highest BCUT2D eigenvalue weighted by Crippen LogP contribution is 2.38. The van der Waals surface area contributed by atoms with Crippen molar-refractivity contribution in [3.8, 4) is 0 Å². The molecule has 0 aromatic heterocycles. The lowest BCUT2D eigenvalue weighted by Crippen LogP contribution is -2.59. The largest absolute Gasteiger partial charge is 0.353 e. The molecule has 174 valence electrons. The van der Waals surface area contributed by atoms with Gasteiger partial charge in [-0.2, -0.15) is 0 Å². The molecule has 2 aromatic rings. The van der Waals surface area contributed by atoms with E-state index in [2.05, 4.69) is 5.32 Å². The molecule has 3 amide bonds. The van der Waals surface area contributed by atoms with Crippen LogP contribution < -0.4 is 5.32 Å². The highest BCUT2D eigenvalue weighted by Gasteiger charge is 2.54. The van der Waals surface area contributed by atoms with Crippen LogP contribution in [-0.4, -0.2) is 59.0 Å². The monoisotopic (exact) mass is 449 g/mol. The first kappa shape index (κ1) is 23.0. The van der Waals surface area contributed by atoms with Crippen molar-refractivity contribution >= 4 is 17.7 Å². The van der Waals surface area contributed by atoms with E-state index >= 15 is 0 Å². The SMILES string of the molecule is CCC(=O)N1CCC2(CC1)OC[C@H](C(=O)NCc1ccccc1)N2C(=O)c1ccc(C)cc1. The molecular weight excluding hydrogens is 418 g/mol. The van der Waals surface area contributed by atoms with Gasteiger partial charge in [-0.1, -0.05) is 55.0 Å². The third-order valence-electron chi connectivity index (χ3n) is 6.59. The predicted octanol–water partition coefficient (Wildman–Crippen LogP) is 2.88. The number of piperidine rings is 1. The number of likely N-dealkylation sites (tertiary alicyclic amines) is 1. The molecule has 0 unspecified atom stereocenters. The summed E-state index contributed by atoms with van der Waals surface area (Å²) in [6.07, 6.45) is 1.42. The third-order valence-corrected chi connectivity index (χ3v) is 6.59. The van der Waals surface area contributed by atoms with Crippen LogP contribution >= 0.6 is 0 Å². The number of nitrogens with one attached hydrogen (secondary N) is 1. The van der Waals surface area contributed by atoms with Gasteiger partial charge >= 0.3 is 0 Å². The van der Waals surface area contributed by atoms with Crippen LogP contribution in [0.2, 0.25) is 0 Å². The van der Waals surface area contributed by atoms with Crippen molar-refractivity contribution in [1.82, 2.24) is 15.1 Å². The molecule has 1 N–H and O–H groups in total.